The summed E-state index contributed by atoms with van der Waals surface area (Å²) in [5.74, 6) is 0. The second-order valence-corrected chi connectivity index (χ2v) is 8.86. The van der Waals surface area contributed by atoms with Crippen LogP contribution >= 0.6 is 0 Å². The second kappa shape index (κ2) is 5.39. The number of rotatable bonds is 2. The average Bonchev–Trinajstić information content (AvgIpc) is 3.25. The van der Waals surface area contributed by atoms with Gasteiger partial charge in [0.25, 0.3) is 0 Å². The van der Waals surface area contributed by atoms with Crippen molar-refractivity contribution < 1.29 is 0 Å². The quantitative estimate of drug-likeness (QED) is 0.713. The minimum Gasteiger partial charge on any atom is -0.289 e. The van der Waals surface area contributed by atoms with Crippen LogP contribution in [-0.4, -0.2) is 35.3 Å². The number of nitrogens with zero attached hydrogens (tertiary/aromatic N) is 6. The molecule has 0 aromatic carbocycles. The highest BCUT2D eigenvalue weighted by atomic mass is 15.3. The van der Waals surface area contributed by atoms with E-state index >= 15 is 0 Å². The van der Waals surface area contributed by atoms with Gasteiger partial charge in [-0.1, -0.05) is 20.8 Å². The molecular weight excluding hydrogens is 324 g/mol. The lowest BCUT2D eigenvalue weighted by molar-refractivity contribution is 0.165. The standard InChI is InChI=1S/C20H26N6/c1-20(2,3)18-8-19-21-10-15-16-6-5-14(7-17(15)26(19)23-18)25(16)12-13-9-22-24(4)11-13/h8-11,14,16H,5-7,12H2,1-4H3/t14-,16+/m1/s1. The number of aromatic nitrogens is 5. The zero-order chi connectivity index (χ0) is 18.1. The zero-order valence-corrected chi connectivity index (χ0v) is 16.0. The summed E-state index contributed by atoms with van der Waals surface area (Å²) >= 11 is 0. The summed E-state index contributed by atoms with van der Waals surface area (Å²) in [6.07, 6.45) is 9.71. The third kappa shape index (κ3) is 2.39. The zero-order valence-electron chi connectivity index (χ0n) is 16.0. The van der Waals surface area contributed by atoms with Crippen LogP contribution in [0.3, 0.4) is 0 Å². The van der Waals surface area contributed by atoms with E-state index in [-0.39, 0.29) is 5.41 Å². The molecule has 3 aromatic heterocycles. The maximum atomic E-state index is 4.93. The lowest BCUT2D eigenvalue weighted by Gasteiger charge is -2.35. The van der Waals surface area contributed by atoms with Gasteiger partial charge in [-0.05, 0) is 12.8 Å². The Labute approximate surface area is 153 Å². The molecular formula is C20H26N6. The fourth-order valence-corrected chi connectivity index (χ4v) is 4.56. The molecule has 2 aliphatic rings. The number of fused-ring (bicyclic) bond motifs is 6. The normalized spacial score (nSPS) is 22.9. The molecule has 6 heteroatoms. The summed E-state index contributed by atoms with van der Waals surface area (Å²) in [6.45, 7) is 7.59. The van der Waals surface area contributed by atoms with E-state index in [9.17, 15) is 0 Å². The van der Waals surface area contributed by atoms with Gasteiger partial charge in [0.1, 0.15) is 0 Å². The van der Waals surface area contributed by atoms with Gasteiger partial charge in [0.05, 0.1) is 17.6 Å². The van der Waals surface area contributed by atoms with E-state index in [1.54, 1.807) is 0 Å². The molecule has 2 aliphatic heterocycles. The molecule has 0 aliphatic carbocycles. The predicted molar refractivity (Wildman–Crippen MR) is 99.9 cm³/mol. The van der Waals surface area contributed by atoms with E-state index in [0.29, 0.717) is 12.1 Å². The molecule has 2 bridgehead atoms. The summed E-state index contributed by atoms with van der Waals surface area (Å²) < 4.78 is 4.00. The van der Waals surface area contributed by atoms with Crippen molar-refractivity contribution in [2.45, 2.75) is 64.1 Å². The van der Waals surface area contributed by atoms with Crippen molar-refractivity contribution in [2.75, 3.05) is 0 Å². The third-order valence-corrected chi connectivity index (χ3v) is 5.94. The topological polar surface area (TPSA) is 51.2 Å². The molecule has 5 rings (SSSR count). The second-order valence-electron chi connectivity index (χ2n) is 8.86. The predicted octanol–water partition coefficient (Wildman–Crippen LogP) is 3.02. The van der Waals surface area contributed by atoms with Crippen LogP contribution in [0.15, 0.2) is 24.7 Å². The first kappa shape index (κ1) is 16.0. The average molecular weight is 350 g/mol. The molecule has 0 unspecified atom stereocenters. The Kier molecular flexibility index (Phi) is 3.32. The molecule has 136 valence electrons. The number of hydrogen-bond acceptors (Lipinski definition) is 4. The molecule has 0 saturated carbocycles. The maximum Gasteiger partial charge on any atom is 0.155 e. The molecule has 5 heterocycles. The first-order valence-electron chi connectivity index (χ1n) is 9.51. The third-order valence-electron chi connectivity index (χ3n) is 5.94. The van der Waals surface area contributed by atoms with Crippen LogP contribution in [0.4, 0.5) is 0 Å². The first-order chi connectivity index (χ1) is 12.4. The molecule has 1 fully saturated rings. The van der Waals surface area contributed by atoms with Gasteiger partial charge in [0.15, 0.2) is 5.65 Å². The Bertz CT molecular complexity index is 976. The van der Waals surface area contributed by atoms with E-state index in [1.165, 1.54) is 29.7 Å². The van der Waals surface area contributed by atoms with E-state index in [0.717, 1.165) is 24.3 Å². The summed E-state index contributed by atoms with van der Waals surface area (Å²) in [4.78, 5) is 7.39. The highest BCUT2D eigenvalue weighted by molar-refractivity contribution is 5.45. The Morgan fingerprint density at radius 1 is 1.19 bits per heavy atom. The monoisotopic (exact) mass is 350 g/mol. The smallest absolute Gasteiger partial charge is 0.155 e. The first-order valence-corrected chi connectivity index (χ1v) is 9.51. The molecule has 0 spiro atoms. The molecule has 26 heavy (non-hydrogen) atoms. The van der Waals surface area contributed by atoms with Gasteiger partial charge in [-0.15, -0.1) is 0 Å². The molecule has 6 nitrogen and oxygen atoms in total. The van der Waals surface area contributed by atoms with Crippen molar-refractivity contribution in [3.05, 3.63) is 47.2 Å². The Morgan fingerprint density at radius 3 is 2.77 bits per heavy atom. The van der Waals surface area contributed by atoms with Crippen molar-refractivity contribution in [3.8, 4) is 0 Å². The van der Waals surface area contributed by atoms with Crippen molar-refractivity contribution in [3.63, 3.8) is 0 Å². The minimum absolute atomic E-state index is 0.0422. The van der Waals surface area contributed by atoms with Gasteiger partial charge < -0.3 is 0 Å². The molecule has 2 atom stereocenters. The van der Waals surface area contributed by atoms with Crippen LogP contribution < -0.4 is 0 Å². The van der Waals surface area contributed by atoms with E-state index in [1.807, 2.05) is 17.9 Å². The van der Waals surface area contributed by atoms with Crippen molar-refractivity contribution in [1.29, 1.82) is 0 Å². The maximum absolute atomic E-state index is 4.93. The fraction of sp³-hybridized carbons (Fsp3) is 0.550. The van der Waals surface area contributed by atoms with Gasteiger partial charge >= 0.3 is 0 Å². The van der Waals surface area contributed by atoms with Crippen LogP contribution in [0.25, 0.3) is 5.65 Å². The fourth-order valence-electron chi connectivity index (χ4n) is 4.56. The SMILES string of the molecule is Cn1cc(CN2[C@@H]3CC[C@H]2c2cnc4cc(C(C)(C)C)nn4c2C3)cn1. The lowest BCUT2D eigenvalue weighted by atomic mass is 9.93. The Hall–Kier alpha value is -2.21. The van der Waals surface area contributed by atoms with Crippen LogP contribution in [-0.2, 0) is 25.4 Å². The molecule has 0 radical (unpaired) electrons. The largest absolute Gasteiger partial charge is 0.289 e. The number of aryl methyl sites for hydroxylation is 1. The van der Waals surface area contributed by atoms with Crippen molar-refractivity contribution >= 4 is 5.65 Å². The highest BCUT2D eigenvalue weighted by Crippen LogP contribution is 2.44. The molecule has 1 saturated heterocycles. The molecule has 3 aromatic rings. The Balaban J connectivity index is 1.54. The van der Waals surface area contributed by atoms with Crippen molar-refractivity contribution in [2.24, 2.45) is 7.05 Å². The van der Waals surface area contributed by atoms with E-state index in [4.69, 9.17) is 10.1 Å². The van der Waals surface area contributed by atoms with E-state index in [2.05, 4.69) is 53.7 Å². The van der Waals surface area contributed by atoms with Gasteiger partial charge in [-0.25, -0.2) is 9.50 Å². The van der Waals surface area contributed by atoms with Gasteiger partial charge in [0.2, 0.25) is 0 Å². The van der Waals surface area contributed by atoms with Crippen LogP contribution in [0.5, 0.6) is 0 Å². The summed E-state index contributed by atoms with van der Waals surface area (Å²) in [7, 11) is 1.98. The van der Waals surface area contributed by atoms with Gasteiger partial charge in [-0.3, -0.25) is 9.58 Å². The van der Waals surface area contributed by atoms with Gasteiger partial charge in [0, 0.05) is 67.1 Å². The highest BCUT2D eigenvalue weighted by Gasteiger charge is 2.41. The molecule has 0 amide bonds. The minimum atomic E-state index is 0.0422. The van der Waals surface area contributed by atoms with E-state index < -0.39 is 0 Å². The molecule has 0 N–H and O–H groups in total. The van der Waals surface area contributed by atoms with Crippen LogP contribution in [0.2, 0.25) is 0 Å². The van der Waals surface area contributed by atoms with Crippen LogP contribution in [0, 0.1) is 0 Å². The summed E-state index contributed by atoms with van der Waals surface area (Å²) in [6, 6.07) is 3.17. The summed E-state index contributed by atoms with van der Waals surface area (Å²) in [5.41, 5.74) is 6.15. The lowest BCUT2D eigenvalue weighted by Crippen LogP contribution is -2.38. The Morgan fingerprint density at radius 2 is 2.04 bits per heavy atom. The van der Waals surface area contributed by atoms with Crippen molar-refractivity contribution in [1.82, 2.24) is 29.3 Å². The summed E-state index contributed by atoms with van der Waals surface area (Å²) in [5, 5.41) is 9.26. The number of hydrogen-bond donors (Lipinski definition) is 0. The van der Waals surface area contributed by atoms with Crippen LogP contribution in [0.1, 0.15) is 62.2 Å². The van der Waals surface area contributed by atoms with Gasteiger partial charge in [-0.2, -0.15) is 10.2 Å².